The van der Waals surface area contributed by atoms with Crippen molar-refractivity contribution in [3.8, 4) is 17.0 Å². The molecule has 0 amide bonds. The van der Waals surface area contributed by atoms with Crippen LogP contribution in [0, 0.1) is 13.8 Å². The van der Waals surface area contributed by atoms with E-state index >= 15 is 0 Å². The van der Waals surface area contributed by atoms with Crippen LogP contribution in [-0.2, 0) is 0 Å². The summed E-state index contributed by atoms with van der Waals surface area (Å²) in [5, 5.41) is 0. The highest BCUT2D eigenvalue weighted by Gasteiger charge is 2.11. The highest BCUT2D eigenvalue weighted by molar-refractivity contribution is 5.83. The molecule has 2 rings (SSSR count). The van der Waals surface area contributed by atoms with Gasteiger partial charge in [-0.15, -0.1) is 0 Å². The molecule has 0 unspecified atom stereocenters. The van der Waals surface area contributed by atoms with Crippen molar-refractivity contribution in [3.63, 3.8) is 0 Å². The Labute approximate surface area is 99.7 Å². The molecule has 0 aliphatic rings. The molecule has 0 aliphatic heterocycles. The first-order chi connectivity index (χ1) is 8.17. The lowest BCUT2D eigenvalue weighted by Crippen LogP contribution is -1.93. The smallest absolute Gasteiger partial charge is 0.168 e. The van der Waals surface area contributed by atoms with Crippen molar-refractivity contribution in [2.75, 3.05) is 7.11 Å². The Kier molecular flexibility index (Phi) is 2.95. The van der Waals surface area contributed by atoms with Gasteiger partial charge in [0.1, 0.15) is 11.4 Å². The number of ether oxygens (including phenoxy) is 1. The maximum Gasteiger partial charge on any atom is 0.168 e. The van der Waals surface area contributed by atoms with Crippen LogP contribution >= 0.6 is 0 Å². The second kappa shape index (κ2) is 4.41. The molecule has 4 nitrogen and oxygen atoms in total. The molecular formula is C13H14N2O2. The average Bonchev–Trinajstić information content (AvgIpc) is 2.76. The zero-order valence-corrected chi connectivity index (χ0v) is 10.1. The summed E-state index contributed by atoms with van der Waals surface area (Å²) < 4.78 is 5.31. The molecule has 0 saturated heterocycles. The molecule has 0 radical (unpaired) electrons. The number of carbonyl (C=O) groups excluding carboxylic acids is 1. The lowest BCUT2D eigenvalue weighted by Gasteiger charge is -2.10. The molecule has 0 saturated carbocycles. The normalized spacial score (nSPS) is 10.3. The van der Waals surface area contributed by atoms with Crippen molar-refractivity contribution in [3.05, 3.63) is 35.3 Å². The number of hydrogen-bond donors (Lipinski definition) is 1. The number of carbonyl (C=O) groups is 1. The number of nitrogens with zero attached hydrogens (tertiary/aromatic N) is 1. The molecule has 1 N–H and O–H groups in total. The molecule has 88 valence electrons. The molecule has 0 aliphatic carbocycles. The van der Waals surface area contributed by atoms with E-state index in [9.17, 15) is 4.79 Å². The van der Waals surface area contributed by atoms with Gasteiger partial charge in [-0.2, -0.15) is 0 Å². The largest absolute Gasteiger partial charge is 0.496 e. The van der Waals surface area contributed by atoms with E-state index in [1.165, 1.54) is 6.33 Å². The zero-order chi connectivity index (χ0) is 12.4. The van der Waals surface area contributed by atoms with Gasteiger partial charge >= 0.3 is 0 Å². The van der Waals surface area contributed by atoms with Crippen LogP contribution in [0.25, 0.3) is 11.3 Å². The minimum Gasteiger partial charge on any atom is -0.496 e. The summed E-state index contributed by atoms with van der Waals surface area (Å²) in [5.41, 5.74) is 4.15. The van der Waals surface area contributed by atoms with Gasteiger partial charge in [0.05, 0.1) is 19.1 Å². The van der Waals surface area contributed by atoms with Gasteiger partial charge in [0, 0.05) is 5.56 Å². The zero-order valence-electron chi connectivity index (χ0n) is 10.1. The third-order valence-corrected chi connectivity index (χ3v) is 2.72. The fourth-order valence-electron chi connectivity index (χ4n) is 2.03. The Morgan fingerprint density at radius 3 is 2.47 bits per heavy atom. The Bertz CT molecular complexity index is 535. The van der Waals surface area contributed by atoms with Gasteiger partial charge < -0.3 is 9.72 Å². The Morgan fingerprint density at radius 1 is 1.29 bits per heavy atom. The lowest BCUT2D eigenvalue weighted by atomic mass is 10.0. The average molecular weight is 230 g/mol. The third-order valence-electron chi connectivity index (χ3n) is 2.72. The van der Waals surface area contributed by atoms with E-state index in [2.05, 4.69) is 9.97 Å². The SMILES string of the molecule is COc1c(C)cc(-c2nc[nH]c2C=O)cc1C. The number of benzene rings is 1. The fraction of sp³-hybridized carbons (Fsp3) is 0.231. The number of rotatable bonds is 3. The van der Waals surface area contributed by atoms with Gasteiger partial charge in [-0.1, -0.05) is 0 Å². The van der Waals surface area contributed by atoms with Crippen molar-refractivity contribution in [1.82, 2.24) is 9.97 Å². The molecular weight excluding hydrogens is 216 g/mol. The van der Waals surface area contributed by atoms with Crippen molar-refractivity contribution in [1.29, 1.82) is 0 Å². The highest BCUT2D eigenvalue weighted by atomic mass is 16.5. The molecule has 4 heteroatoms. The minimum atomic E-state index is 0.494. The van der Waals surface area contributed by atoms with Crippen LogP contribution in [0.5, 0.6) is 5.75 Å². The van der Waals surface area contributed by atoms with E-state index in [1.54, 1.807) is 7.11 Å². The van der Waals surface area contributed by atoms with E-state index in [4.69, 9.17) is 4.74 Å². The topological polar surface area (TPSA) is 55.0 Å². The molecule has 1 heterocycles. The predicted octanol–water partition coefficient (Wildman–Crippen LogP) is 2.51. The molecule has 1 aromatic carbocycles. The molecule has 0 atom stereocenters. The van der Waals surface area contributed by atoms with Gasteiger partial charge in [-0.3, -0.25) is 4.79 Å². The van der Waals surface area contributed by atoms with Crippen LogP contribution < -0.4 is 4.74 Å². The number of hydrogen-bond acceptors (Lipinski definition) is 3. The van der Waals surface area contributed by atoms with Crippen molar-refractivity contribution < 1.29 is 9.53 Å². The van der Waals surface area contributed by atoms with E-state index in [-0.39, 0.29) is 0 Å². The van der Waals surface area contributed by atoms with Gasteiger partial charge in [0.15, 0.2) is 6.29 Å². The molecule has 0 spiro atoms. The number of aromatic amines is 1. The second-order valence-electron chi connectivity index (χ2n) is 3.93. The first-order valence-corrected chi connectivity index (χ1v) is 5.31. The number of H-pyrrole nitrogens is 1. The van der Waals surface area contributed by atoms with E-state index < -0.39 is 0 Å². The molecule has 0 bridgehead atoms. The van der Waals surface area contributed by atoms with Crippen molar-refractivity contribution in [2.45, 2.75) is 13.8 Å². The maximum atomic E-state index is 10.9. The van der Waals surface area contributed by atoms with Gasteiger partial charge in [-0.25, -0.2) is 4.98 Å². The summed E-state index contributed by atoms with van der Waals surface area (Å²) in [5.74, 6) is 0.872. The van der Waals surface area contributed by atoms with Crippen LogP contribution in [0.3, 0.4) is 0 Å². The summed E-state index contributed by atoms with van der Waals surface area (Å²) in [6, 6.07) is 3.93. The van der Waals surface area contributed by atoms with Crippen LogP contribution in [-0.4, -0.2) is 23.4 Å². The Morgan fingerprint density at radius 2 is 1.94 bits per heavy atom. The summed E-state index contributed by atoms with van der Waals surface area (Å²) in [6.45, 7) is 3.95. The van der Waals surface area contributed by atoms with Crippen molar-refractivity contribution >= 4 is 6.29 Å². The standard InChI is InChI=1S/C13H14N2O2/c1-8-4-10(5-9(2)13(8)17-3)12-11(6-16)14-7-15-12/h4-7H,1-3H3,(H,14,15). The second-order valence-corrected chi connectivity index (χ2v) is 3.93. The quantitative estimate of drug-likeness (QED) is 0.824. The van der Waals surface area contributed by atoms with Gasteiger partial charge in [0.25, 0.3) is 0 Å². The van der Waals surface area contributed by atoms with Gasteiger partial charge in [-0.05, 0) is 37.1 Å². The van der Waals surface area contributed by atoms with Crippen LogP contribution in [0.4, 0.5) is 0 Å². The highest BCUT2D eigenvalue weighted by Crippen LogP contribution is 2.29. The summed E-state index contributed by atoms with van der Waals surface area (Å²) in [7, 11) is 1.65. The van der Waals surface area contributed by atoms with E-state index in [1.807, 2.05) is 26.0 Å². The predicted molar refractivity (Wildman–Crippen MR) is 65.4 cm³/mol. The molecule has 1 aromatic heterocycles. The van der Waals surface area contributed by atoms with Crippen LogP contribution in [0.1, 0.15) is 21.6 Å². The number of aromatic nitrogens is 2. The third kappa shape index (κ3) is 1.93. The lowest BCUT2D eigenvalue weighted by molar-refractivity contribution is 0.112. The molecule has 0 fully saturated rings. The van der Waals surface area contributed by atoms with Crippen LogP contribution in [0.2, 0.25) is 0 Å². The monoisotopic (exact) mass is 230 g/mol. The van der Waals surface area contributed by atoms with Crippen molar-refractivity contribution in [2.24, 2.45) is 0 Å². The fourth-order valence-corrected chi connectivity index (χ4v) is 2.03. The summed E-state index contributed by atoms with van der Waals surface area (Å²) in [4.78, 5) is 17.8. The summed E-state index contributed by atoms with van der Waals surface area (Å²) >= 11 is 0. The van der Waals surface area contributed by atoms with Crippen LogP contribution in [0.15, 0.2) is 18.5 Å². The number of aryl methyl sites for hydroxylation is 2. The first-order valence-electron chi connectivity index (χ1n) is 5.31. The number of imidazole rings is 1. The molecule has 2 aromatic rings. The molecule has 17 heavy (non-hydrogen) atoms. The maximum absolute atomic E-state index is 10.9. The number of nitrogens with one attached hydrogen (secondary N) is 1. The first kappa shape index (κ1) is 11.4. The summed E-state index contributed by atoms with van der Waals surface area (Å²) in [6.07, 6.45) is 2.30. The van der Waals surface area contributed by atoms with E-state index in [0.29, 0.717) is 11.4 Å². The number of methoxy groups -OCH3 is 1. The van der Waals surface area contributed by atoms with E-state index in [0.717, 1.165) is 28.7 Å². The van der Waals surface area contributed by atoms with Gasteiger partial charge in [0.2, 0.25) is 0 Å². The Balaban J connectivity index is 2.58. The Hall–Kier alpha value is -2.10. The minimum absolute atomic E-state index is 0.494. The number of aldehydes is 1.